The van der Waals surface area contributed by atoms with Gasteiger partial charge in [0.15, 0.2) is 0 Å². The van der Waals surface area contributed by atoms with Crippen LogP contribution in [0.5, 0.6) is 0 Å². The molecule has 0 aliphatic heterocycles. The largest absolute Gasteiger partial charge is 0.389 e. The smallest absolute Gasteiger partial charge is 0.0945 e. The topological polar surface area (TPSA) is 41.5 Å². The van der Waals surface area contributed by atoms with Crippen LogP contribution in [0, 0.1) is 6.92 Å². The van der Waals surface area contributed by atoms with Crippen molar-refractivity contribution in [2.75, 3.05) is 25.1 Å². The molecule has 2 N–H and O–H groups in total. The van der Waals surface area contributed by atoms with Crippen LogP contribution in [0.15, 0.2) is 22.7 Å². The molecule has 0 heterocycles. The molecule has 90 valence electrons. The van der Waals surface area contributed by atoms with Crippen molar-refractivity contribution in [3.05, 3.63) is 28.2 Å². The van der Waals surface area contributed by atoms with E-state index in [4.69, 9.17) is 4.74 Å². The number of rotatable bonds is 6. The molecule has 0 radical (unpaired) electrons. The summed E-state index contributed by atoms with van der Waals surface area (Å²) in [5.74, 6) is 0. The molecule has 0 aromatic heterocycles. The highest BCUT2D eigenvalue weighted by Crippen LogP contribution is 2.18. The number of benzene rings is 1. The number of ether oxygens (including phenoxy) is 1. The maximum absolute atomic E-state index is 9.58. The SMILES string of the molecule is CCOCC(O)CNc1cc(C)cc(Br)c1. The number of hydrogen-bond donors (Lipinski definition) is 2. The van der Waals surface area contributed by atoms with E-state index in [1.165, 1.54) is 5.56 Å². The van der Waals surface area contributed by atoms with E-state index in [-0.39, 0.29) is 0 Å². The van der Waals surface area contributed by atoms with Crippen molar-refractivity contribution in [3.8, 4) is 0 Å². The molecule has 4 heteroatoms. The highest BCUT2D eigenvalue weighted by Gasteiger charge is 2.04. The van der Waals surface area contributed by atoms with Crippen LogP contribution in [-0.2, 0) is 4.74 Å². The second-order valence-corrected chi connectivity index (χ2v) is 4.63. The van der Waals surface area contributed by atoms with Gasteiger partial charge in [-0.05, 0) is 37.6 Å². The van der Waals surface area contributed by atoms with Crippen molar-refractivity contribution in [1.82, 2.24) is 0 Å². The van der Waals surface area contributed by atoms with Crippen molar-refractivity contribution in [2.24, 2.45) is 0 Å². The van der Waals surface area contributed by atoms with Crippen LogP contribution in [0.25, 0.3) is 0 Å². The first kappa shape index (κ1) is 13.5. The molecule has 0 aliphatic carbocycles. The number of aliphatic hydroxyl groups is 1. The Bertz CT molecular complexity index is 311. The van der Waals surface area contributed by atoms with Gasteiger partial charge in [0.2, 0.25) is 0 Å². The third-order valence-electron chi connectivity index (χ3n) is 2.10. The fraction of sp³-hybridized carbons (Fsp3) is 0.500. The number of hydrogen-bond acceptors (Lipinski definition) is 3. The van der Waals surface area contributed by atoms with E-state index in [2.05, 4.69) is 21.2 Å². The number of halogens is 1. The predicted octanol–water partition coefficient (Wildman–Crippen LogP) is 2.57. The molecule has 0 amide bonds. The first-order valence-corrected chi connectivity index (χ1v) is 6.18. The summed E-state index contributed by atoms with van der Waals surface area (Å²) in [7, 11) is 0. The van der Waals surface area contributed by atoms with Gasteiger partial charge in [-0.15, -0.1) is 0 Å². The Hall–Kier alpha value is -0.580. The van der Waals surface area contributed by atoms with Crippen LogP contribution in [0.3, 0.4) is 0 Å². The molecule has 16 heavy (non-hydrogen) atoms. The Morgan fingerprint density at radius 2 is 2.19 bits per heavy atom. The molecule has 1 aromatic rings. The van der Waals surface area contributed by atoms with E-state index in [0.29, 0.717) is 19.8 Å². The second kappa shape index (κ2) is 6.89. The molecule has 1 aromatic carbocycles. The average Bonchev–Trinajstić information content (AvgIpc) is 2.22. The molecule has 1 unspecified atom stereocenters. The molecule has 1 atom stereocenters. The van der Waals surface area contributed by atoms with Crippen LogP contribution in [0.2, 0.25) is 0 Å². The van der Waals surface area contributed by atoms with E-state index in [9.17, 15) is 5.11 Å². The molecule has 3 nitrogen and oxygen atoms in total. The molecule has 0 spiro atoms. The average molecular weight is 288 g/mol. The summed E-state index contributed by atoms with van der Waals surface area (Å²) >= 11 is 3.43. The van der Waals surface area contributed by atoms with Crippen molar-refractivity contribution >= 4 is 21.6 Å². The van der Waals surface area contributed by atoms with Crippen molar-refractivity contribution in [2.45, 2.75) is 20.0 Å². The van der Waals surface area contributed by atoms with Crippen molar-refractivity contribution in [1.29, 1.82) is 0 Å². The van der Waals surface area contributed by atoms with Crippen molar-refractivity contribution in [3.63, 3.8) is 0 Å². The monoisotopic (exact) mass is 287 g/mol. The molecule has 0 bridgehead atoms. The van der Waals surface area contributed by atoms with Gasteiger partial charge in [0.1, 0.15) is 0 Å². The Kier molecular flexibility index (Phi) is 5.80. The van der Waals surface area contributed by atoms with E-state index in [1.807, 2.05) is 32.0 Å². The van der Waals surface area contributed by atoms with E-state index >= 15 is 0 Å². The van der Waals surface area contributed by atoms with Gasteiger partial charge in [-0.3, -0.25) is 0 Å². The van der Waals surface area contributed by atoms with E-state index < -0.39 is 6.10 Å². The van der Waals surface area contributed by atoms with Gasteiger partial charge in [-0.25, -0.2) is 0 Å². The zero-order chi connectivity index (χ0) is 12.0. The first-order chi connectivity index (χ1) is 7.61. The highest BCUT2D eigenvalue weighted by atomic mass is 79.9. The lowest BCUT2D eigenvalue weighted by Crippen LogP contribution is -2.24. The van der Waals surface area contributed by atoms with Crippen LogP contribution in [0.4, 0.5) is 5.69 Å². The minimum Gasteiger partial charge on any atom is -0.389 e. The first-order valence-electron chi connectivity index (χ1n) is 5.38. The third kappa shape index (κ3) is 4.96. The summed E-state index contributed by atoms with van der Waals surface area (Å²) in [6.45, 7) is 5.45. The van der Waals surface area contributed by atoms with Gasteiger partial charge >= 0.3 is 0 Å². The lowest BCUT2D eigenvalue weighted by atomic mass is 10.2. The van der Waals surface area contributed by atoms with Gasteiger partial charge in [0.05, 0.1) is 12.7 Å². The minimum atomic E-state index is -0.473. The van der Waals surface area contributed by atoms with Crippen LogP contribution in [0.1, 0.15) is 12.5 Å². The zero-order valence-corrected chi connectivity index (χ0v) is 11.3. The highest BCUT2D eigenvalue weighted by molar-refractivity contribution is 9.10. The van der Waals surface area contributed by atoms with Gasteiger partial charge in [-0.1, -0.05) is 15.9 Å². The second-order valence-electron chi connectivity index (χ2n) is 3.71. The molecule has 0 saturated heterocycles. The molecule has 0 aliphatic rings. The summed E-state index contributed by atoms with van der Waals surface area (Å²) < 4.78 is 6.17. The van der Waals surface area contributed by atoms with E-state index in [0.717, 1.165) is 10.2 Å². The number of aliphatic hydroxyl groups excluding tert-OH is 1. The number of aryl methyl sites for hydroxylation is 1. The zero-order valence-electron chi connectivity index (χ0n) is 9.66. The van der Waals surface area contributed by atoms with Gasteiger partial charge in [0, 0.05) is 23.3 Å². The third-order valence-corrected chi connectivity index (χ3v) is 2.56. The fourth-order valence-electron chi connectivity index (χ4n) is 1.39. The molecular formula is C12H18BrNO2. The van der Waals surface area contributed by atoms with Crippen LogP contribution >= 0.6 is 15.9 Å². The minimum absolute atomic E-state index is 0.372. The van der Waals surface area contributed by atoms with E-state index in [1.54, 1.807) is 0 Å². The Morgan fingerprint density at radius 3 is 2.81 bits per heavy atom. The molecule has 1 rings (SSSR count). The lowest BCUT2D eigenvalue weighted by Gasteiger charge is -2.13. The standard InChI is InChI=1S/C12H18BrNO2/c1-3-16-8-12(15)7-14-11-5-9(2)4-10(13)6-11/h4-6,12,14-15H,3,7-8H2,1-2H3. The Labute approximate surface area is 105 Å². The predicted molar refractivity (Wildman–Crippen MR) is 69.9 cm³/mol. The maximum atomic E-state index is 9.58. The van der Waals surface area contributed by atoms with Crippen molar-refractivity contribution < 1.29 is 9.84 Å². The summed E-state index contributed by atoms with van der Waals surface area (Å²) in [4.78, 5) is 0. The molecular weight excluding hydrogens is 270 g/mol. The summed E-state index contributed by atoms with van der Waals surface area (Å²) in [5.41, 5.74) is 2.18. The number of nitrogens with one attached hydrogen (secondary N) is 1. The van der Waals surface area contributed by atoms with Gasteiger partial charge < -0.3 is 15.2 Å². The summed E-state index contributed by atoms with van der Waals surface area (Å²) in [5, 5.41) is 12.8. The molecule has 0 fully saturated rings. The fourth-order valence-corrected chi connectivity index (χ4v) is 1.99. The quantitative estimate of drug-likeness (QED) is 0.845. The summed E-state index contributed by atoms with van der Waals surface area (Å²) in [6, 6.07) is 6.07. The summed E-state index contributed by atoms with van der Waals surface area (Å²) in [6.07, 6.45) is -0.473. The Balaban J connectivity index is 2.41. The molecule has 0 saturated carbocycles. The van der Waals surface area contributed by atoms with Gasteiger partial charge in [0.25, 0.3) is 0 Å². The van der Waals surface area contributed by atoms with Crippen LogP contribution < -0.4 is 5.32 Å². The lowest BCUT2D eigenvalue weighted by molar-refractivity contribution is 0.0496. The maximum Gasteiger partial charge on any atom is 0.0945 e. The Morgan fingerprint density at radius 1 is 1.44 bits per heavy atom. The van der Waals surface area contributed by atoms with Gasteiger partial charge in [-0.2, -0.15) is 0 Å². The normalized spacial score (nSPS) is 12.5. The number of anilines is 1. The van der Waals surface area contributed by atoms with Crippen LogP contribution in [-0.4, -0.2) is 31.0 Å².